The first-order valence-electron chi connectivity index (χ1n) is 9.16. The van der Waals surface area contributed by atoms with E-state index in [1.54, 1.807) is 11.8 Å². The second-order valence-corrected chi connectivity index (χ2v) is 7.38. The molecule has 6 heteroatoms. The Kier molecular flexibility index (Phi) is 5.91. The van der Waals surface area contributed by atoms with Gasteiger partial charge >= 0.3 is 0 Å². The van der Waals surface area contributed by atoms with Gasteiger partial charge in [0.15, 0.2) is 5.65 Å². The van der Waals surface area contributed by atoms with E-state index in [2.05, 4.69) is 65.6 Å². The van der Waals surface area contributed by atoms with Gasteiger partial charge in [0.2, 0.25) is 5.16 Å². The smallest absolute Gasteiger partial charge is 0.211 e. The normalized spacial score (nSPS) is 11.9. The van der Waals surface area contributed by atoms with Gasteiger partial charge in [-0.1, -0.05) is 44.2 Å². The van der Waals surface area contributed by atoms with Crippen molar-refractivity contribution in [3.05, 3.63) is 23.8 Å². The molecule has 1 aromatic carbocycles. The van der Waals surface area contributed by atoms with Gasteiger partial charge < -0.3 is 9.47 Å². The van der Waals surface area contributed by atoms with Gasteiger partial charge in [-0.25, -0.2) is 4.98 Å². The molecule has 134 valence electrons. The Bertz CT molecular complexity index is 854. The number of rotatable bonds is 8. The summed E-state index contributed by atoms with van der Waals surface area (Å²) in [6, 6.07) is 6.52. The number of benzene rings is 1. The predicted molar refractivity (Wildman–Crippen MR) is 106 cm³/mol. The van der Waals surface area contributed by atoms with E-state index < -0.39 is 0 Å². The van der Waals surface area contributed by atoms with Crippen molar-refractivity contribution in [3.8, 4) is 0 Å². The van der Waals surface area contributed by atoms with E-state index in [0.717, 1.165) is 60.1 Å². The molecular formula is C19H27N5S. The van der Waals surface area contributed by atoms with Crippen LogP contribution < -0.4 is 0 Å². The Morgan fingerprint density at radius 2 is 1.92 bits per heavy atom. The standard InChI is InChI=1S/C19H27N5S/c1-5-10-24-16-9-8-14(4)13-15(16)17-18(24)20-19(22-21-17)25-12-11-23(6-2)7-3/h8-9,13H,5-7,10-12H2,1-4H3. The maximum atomic E-state index is 4.84. The topological polar surface area (TPSA) is 46.8 Å². The van der Waals surface area contributed by atoms with Crippen LogP contribution in [0.3, 0.4) is 0 Å². The molecule has 5 nitrogen and oxygen atoms in total. The summed E-state index contributed by atoms with van der Waals surface area (Å²) >= 11 is 1.69. The number of thioether (sulfide) groups is 1. The third-order valence-electron chi connectivity index (χ3n) is 4.58. The zero-order valence-electron chi connectivity index (χ0n) is 15.6. The highest BCUT2D eigenvalue weighted by molar-refractivity contribution is 7.99. The van der Waals surface area contributed by atoms with Crippen LogP contribution in [0, 0.1) is 6.92 Å². The highest BCUT2D eigenvalue weighted by atomic mass is 32.2. The van der Waals surface area contributed by atoms with Gasteiger partial charge in [0, 0.05) is 24.2 Å². The molecule has 0 saturated heterocycles. The number of nitrogens with zero attached hydrogens (tertiary/aromatic N) is 5. The van der Waals surface area contributed by atoms with Gasteiger partial charge in [0.1, 0.15) is 5.52 Å². The Balaban J connectivity index is 1.93. The van der Waals surface area contributed by atoms with E-state index >= 15 is 0 Å². The summed E-state index contributed by atoms with van der Waals surface area (Å²) in [6.07, 6.45) is 1.07. The molecule has 0 radical (unpaired) electrons. The average molecular weight is 358 g/mol. The maximum absolute atomic E-state index is 4.84. The van der Waals surface area contributed by atoms with E-state index in [-0.39, 0.29) is 0 Å². The van der Waals surface area contributed by atoms with Crippen LogP contribution in [0.2, 0.25) is 0 Å². The van der Waals surface area contributed by atoms with Crippen LogP contribution in [0.5, 0.6) is 0 Å². The molecule has 2 heterocycles. The van der Waals surface area contributed by atoms with Crippen molar-refractivity contribution in [2.45, 2.75) is 45.8 Å². The molecule has 0 aliphatic carbocycles. The van der Waals surface area contributed by atoms with Crippen LogP contribution in [0.25, 0.3) is 22.1 Å². The van der Waals surface area contributed by atoms with Crippen molar-refractivity contribution in [2.24, 2.45) is 0 Å². The molecule has 0 aliphatic rings. The summed E-state index contributed by atoms with van der Waals surface area (Å²) in [5.41, 5.74) is 4.32. The van der Waals surface area contributed by atoms with Gasteiger partial charge in [-0.05, 0) is 38.6 Å². The Labute approximate surface area is 153 Å². The van der Waals surface area contributed by atoms with Crippen LogP contribution in [-0.2, 0) is 6.54 Å². The first-order valence-corrected chi connectivity index (χ1v) is 10.1. The molecule has 0 fully saturated rings. The first kappa shape index (κ1) is 18.1. The summed E-state index contributed by atoms with van der Waals surface area (Å²) in [4.78, 5) is 7.26. The molecule has 0 bridgehead atoms. The summed E-state index contributed by atoms with van der Waals surface area (Å²) in [7, 11) is 0. The lowest BCUT2D eigenvalue weighted by atomic mass is 10.2. The van der Waals surface area contributed by atoms with E-state index in [1.807, 2.05) is 0 Å². The molecule has 3 rings (SSSR count). The summed E-state index contributed by atoms with van der Waals surface area (Å²) in [6.45, 7) is 12.9. The SMILES string of the molecule is CCCn1c2ccc(C)cc2c2nnc(SCCN(CC)CC)nc21. The average Bonchev–Trinajstić information content (AvgIpc) is 2.92. The lowest BCUT2D eigenvalue weighted by Gasteiger charge is -2.16. The number of aromatic nitrogens is 4. The largest absolute Gasteiger partial charge is 0.324 e. The van der Waals surface area contributed by atoms with E-state index in [9.17, 15) is 0 Å². The molecule has 0 atom stereocenters. The monoisotopic (exact) mass is 357 g/mol. The molecule has 0 aliphatic heterocycles. The molecule has 0 spiro atoms. The van der Waals surface area contributed by atoms with E-state index in [0.29, 0.717) is 0 Å². The fourth-order valence-corrected chi connectivity index (χ4v) is 3.95. The van der Waals surface area contributed by atoms with Crippen molar-refractivity contribution in [1.29, 1.82) is 0 Å². The third-order valence-corrected chi connectivity index (χ3v) is 5.40. The minimum absolute atomic E-state index is 0.775. The third kappa shape index (κ3) is 3.80. The van der Waals surface area contributed by atoms with Crippen LogP contribution in [0.1, 0.15) is 32.8 Å². The van der Waals surface area contributed by atoms with E-state index in [4.69, 9.17) is 4.98 Å². The zero-order chi connectivity index (χ0) is 17.8. The van der Waals surface area contributed by atoms with Crippen molar-refractivity contribution in [2.75, 3.05) is 25.4 Å². The maximum Gasteiger partial charge on any atom is 0.211 e. The molecule has 0 N–H and O–H groups in total. The minimum atomic E-state index is 0.775. The number of hydrogen-bond donors (Lipinski definition) is 0. The van der Waals surface area contributed by atoms with Gasteiger partial charge in [0.05, 0.1) is 5.52 Å². The fourth-order valence-electron chi connectivity index (χ4n) is 3.17. The van der Waals surface area contributed by atoms with Gasteiger partial charge in [0.25, 0.3) is 0 Å². The van der Waals surface area contributed by atoms with Crippen molar-refractivity contribution >= 4 is 33.8 Å². The highest BCUT2D eigenvalue weighted by Gasteiger charge is 2.15. The van der Waals surface area contributed by atoms with Crippen LogP contribution >= 0.6 is 11.8 Å². The lowest BCUT2D eigenvalue weighted by molar-refractivity contribution is 0.324. The van der Waals surface area contributed by atoms with Crippen LogP contribution in [0.4, 0.5) is 0 Å². The minimum Gasteiger partial charge on any atom is -0.324 e. The quantitative estimate of drug-likeness (QED) is 0.567. The highest BCUT2D eigenvalue weighted by Crippen LogP contribution is 2.28. The predicted octanol–water partition coefficient (Wildman–Crippen LogP) is 4.13. The van der Waals surface area contributed by atoms with Crippen LogP contribution in [0.15, 0.2) is 23.4 Å². The Morgan fingerprint density at radius 3 is 2.64 bits per heavy atom. The molecule has 0 amide bonds. The van der Waals surface area contributed by atoms with E-state index in [1.165, 1.54) is 11.1 Å². The van der Waals surface area contributed by atoms with Crippen molar-refractivity contribution in [1.82, 2.24) is 24.6 Å². The zero-order valence-corrected chi connectivity index (χ0v) is 16.4. The number of hydrogen-bond acceptors (Lipinski definition) is 5. The van der Waals surface area contributed by atoms with Gasteiger partial charge in [-0.2, -0.15) is 0 Å². The molecule has 2 aromatic heterocycles. The van der Waals surface area contributed by atoms with Crippen LogP contribution in [-0.4, -0.2) is 50.0 Å². The fraction of sp³-hybridized carbons (Fsp3) is 0.526. The molecule has 25 heavy (non-hydrogen) atoms. The molecule has 0 unspecified atom stereocenters. The number of aryl methyl sites for hydroxylation is 2. The second kappa shape index (κ2) is 8.15. The van der Waals surface area contributed by atoms with Gasteiger partial charge in [-0.15, -0.1) is 10.2 Å². The second-order valence-electron chi connectivity index (χ2n) is 6.31. The summed E-state index contributed by atoms with van der Waals surface area (Å²) < 4.78 is 2.28. The molecule has 3 aromatic rings. The Hall–Kier alpha value is -1.66. The van der Waals surface area contributed by atoms with Crippen molar-refractivity contribution in [3.63, 3.8) is 0 Å². The molecule has 0 saturated carbocycles. The van der Waals surface area contributed by atoms with Crippen molar-refractivity contribution < 1.29 is 0 Å². The Morgan fingerprint density at radius 1 is 1.12 bits per heavy atom. The molecular weight excluding hydrogens is 330 g/mol. The number of fused-ring (bicyclic) bond motifs is 3. The van der Waals surface area contributed by atoms with Gasteiger partial charge in [-0.3, -0.25) is 0 Å². The lowest BCUT2D eigenvalue weighted by Crippen LogP contribution is -2.25. The first-order chi connectivity index (χ1) is 12.2. The summed E-state index contributed by atoms with van der Waals surface area (Å²) in [5.74, 6) is 0.988. The summed E-state index contributed by atoms with van der Waals surface area (Å²) in [5, 5.41) is 10.8.